The summed E-state index contributed by atoms with van der Waals surface area (Å²) in [6.45, 7) is 11.3. The largest absolute Gasteiger partial charge is 0.356 e. The first-order valence-electron chi connectivity index (χ1n) is 12.9. The first kappa shape index (κ1) is 27.5. The highest BCUT2D eigenvalue weighted by Gasteiger charge is 2.44. The van der Waals surface area contributed by atoms with Crippen LogP contribution in [0.15, 0.2) is 53.1 Å². The number of halogens is 3. The van der Waals surface area contributed by atoms with Gasteiger partial charge in [-0.05, 0) is 54.0 Å². The third-order valence-corrected chi connectivity index (χ3v) is 7.46. The lowest BCUT2D eigenvalue weighted by Gasteiger charge is -2.51. The molecule has 0 bridgehead atoms. The monoisotopic (exact) mass is 528 g/mol. The fraction of sp³-hybridized carbons (Fsp3) is 0.467. The molecule has 3 aromatic rings. The highest BCUT2D eigenvalue weighted by molar-refractivity contribution is 6.30. The van der Waals surface area contributed by atoms with Crippen LogP contribution in [0, 0.1) is 23.0 Å². The average Bonchev–Trinajstić information content (AvgIpc) is 3.24. The molecule has 37 heavy (non-hydrogen) atoms. The maximum atomic E-state index is 14.2. The number of Topliss-reactive ketones (excluding diaryl/α,β-unsaturated/α-hetero) is 1. The fourth-order valence-corrected chi connectivity index (χ4v) is 5.72. The van der Waals surface area contributed by atoms with Crippen molar-refractivity contribution in [2.24, 2.45) is 11.3 Å². The third-order valence-electron chi connectivity index (χ3n) is 7.23. The van der Waals surface area contributed by atoms with Gasteiger partial charge in [-0.1, -0.05) is 56.6 Å². The van der Waals surface area contributed by atoms with Crippen molar-refractivity contribution in [1.82, 2.24) is 10.1 Å². The van der Waals surface area contributed by atoms with Crippen molar-refractivity contribution < 1.29 is 18.1 Å². The van der Waals surface area contributed by atoms with Gasteiger partial charge in [0.1, 0.15) is 17.4 Å². The molecule has 2 aromatic carbocycles. The quantitative estimate of drug-likeness (QED) is 0.258. The van der Waals surface area contributed by atoms with E-state index in [0.717, 1.165) is 37.7 Å². The Morgan fingerprint density at radius 3 is 2.59 bits per heavy atom. The van der Waals surface area contributed by atoms with Crippen LogP contribution in [0.1, 0.15) is 58.2 Å². The Kier molecular flexibility index (Phi) is 8.20. The Morgan fingerprint density at radius 1 is 1.16 bits per heavy atom. The number of hydrogen-bond donors (Lipinski definition) is 0. The van der Waals surface area contributed by atoms with Crippen molar-refractivity contribution in [2.45, 2.75) is 58.8 Å². The first-order chi connectivity index (χ1) is 17.4. The minimum atomic E-state index is -0.685. The average molecular weight is 529 g/mol. The van der Waals surface area contributed by atoms with E-state index in [1.807, 2.05) is 24.3 Å². The molecule has 0 saturated carbocycles. The molecule has 4 nitrogen and oxygen atoms in total. The van der Waals surface area contributed by atoms with Crippen LogP contribution < -0.4 is 0 Å². The van der Waals surface area contributed by atoms with Gasteiger partial charge in [0.25, 0.3) is 0 Å². The molecule has 7 heteroatoms. The van der Waals surface area contributed by atoms with Crippen LogP contribution in [0.25, 0.3) is 11.3 Å². The molecule has 1 aliphatic heterocycles. The summed E-state index contributed by atoms with van der Waals surface area (Å²) in [6, 6.07) is 12.8. The standard InChI is InChI=1S/C30H35ClF2N2O2/c1-20(2)17-35-18-30(19-35,16-25(36)15-29(3,4)21-6-5-7-22(31)12-21)11-10-24-14-28(37-34-24)26-9-8-23(32)13-27(26)33/h5-9,12-14,20H,10-11,15-19H2,1-4H3. The maximum Gasteiger partial charge on any atom is 0.170 e. The molecule has 0 amide bonds. The lowest BCUT2D eigenvalue weighted by Crippen LogP contribution is -2.58. The number of hydrogen-bond acceptors (Lipinski definition) is 4. The molecule has 0 unspecified atom stereocenters. The zero-order valence-corrected chi connectivity index (χ0v) is 22.7. The van der Waals surface area contributed by atoms with E-state index in [4.69, 9.17) is 16.1 Å². The van der Waals surface area contributed by atoms with Crippen molar-refractivity contribution in [2.75, 3.05) is 19.6 Å². The second-order valence-electron chi connectivity index (χ2n) is 11.7. The summed E-state index contributed by atoms with van der Waals surface area (Å²) in [4.78, 5) is 15.8. The van der Waals surface area contributed by atoms with E-state index >= 15 is 0 Å². The van der Waals surface area contributed by atoms with Crippen molar-refractivity contribution >= 4 is 17.4 Å². The molecule has 198 valence electrons. The molecule has 0 N–H and O–H groups in total. The number of aryl methyl sites for hydroxylation is 1. The van der Waals surface area contributed by atoms with E-state index in [2.05, 4.69) is 37.8 Å². The molecule has 0 aliphatic carbocycles. The Balaban J connectivity index is 1.44. The number of aromatic nitrogens is 1. The number of benzene rings is 2. The van der Waals surface area contributed by atoms with Gasteiger partial charge in [-0.25, -0.2) is 8.78 Å². The van der Waals surface area contributed by atoms with E-state index in [1.165, 1.54) is 12.1 Å². The van der Waals surface area contributed by atoms with Gasteiger partial charge in [-0.15, -0.1) is 0 Å². The lowest BCUT2D eigenvalue weighted by atomic mass is 9.69. The van der Waals surface area contributed by atoms with E-state index in [-0.39, 0.29) is 27.9 Å². The molecular weight excluding hydrogens is 494 g/mol. The molecule has 1 aliphatic rings. The normalized spacial score (nSPS) is 15.7. The SMILES string of the molecule is CC(C)CN1CC(CCc2cc(-c3ccc(F)cc3F)on2)(CC(=O)CC(C)(C)c2cccc(Cl)c2)C1. The number of nitrogens with zero attached hydrogens (tertiary/aromatic N) is 2. The van der Waals surface area contributed by atoms with Crippen LogP contribution in [0.5, 0.6) is 0 Å². The van der Waals surface area contributed by atoms with E-state index in [9.17, 15) is 13.6 Å². The Bertz CT molecular complexity index is 1250. The summed E-state index contributed by atoms with van der Waals surface area (Å²) in [7, 11) is 0. The molecule has 1 saturated heterocycles. The van der Waals surface area contributed by atoms with Gasteiger partial charge in [-0.3, -0.25) is 4.79 Å². The molecule has 0 atom stereocenters. The van der Waals surface area contributed by atoms with Crippen LogP contribution in [0.2, 0.25) is 5.02 Å². The Labute approximate surface area is 223 Å². The van der Waals surface area contributed by atoms with Crippen LogP contribution in [0.3, 0.4) is 0 Å². The summed E-state index contributed by atoms with van der Waals surface area (Å²) in [6.07, 6.45) is 2.34. The first-order valence-corrected chi connectivity index (χ1v) is 13.2. The molecule has 1 fully saturated rings. The summed E-state index contributed by atoms with van der Waals surface area (Å²) in [5, 5.41) is 4.80. The molecule has 0 spiro atoms. The predicted octanol–water partition coefficient (Wildman–Crippen LogP) is 7.49. The number of likely N-dealkylation sites (tertiary alicyclic amines) is 1. The van der Waals surface area contributed by atoms with E-state index < -0.39 is 11.6 Å². The molecular formula is C30H35ClF2N2O2. The zero-order valence-electron chi connectivity index (χ0n) is 22.0. The van der Waals surface area contributed by atoms with Crippen LogP contribution in [0.4, 0.5) is 8.78 Å². The number of carbonyl (C=O) groups is 1. The van der Waals surface area contributed by atoms with Crippen molar-refractivity contribution in [3.63, 3.8) is 0 Å². The second kappa shape index (κ2) is 11.0. The Hall–Kier alpha value is -2.57. The zero-order chi connectivity index (χ0) is 26.8. The summed E-state index contributed by atoms with van der Waals surface area (Å²) < 4.78 is 32.8. The topological polar surface area (TPSA) is 46.3 Å². The molecule has 2 heterocycles. The number of rotatable bonds is 11. The van der Waals surface area contributed by atoms with Crippen LogP contribution in [-0.2, 0) is 16.6 Å². The second-order valence-corrected chi connectivity index (χ2v) is 12.1. The molecule has 0 radical (unpaired) electrons. The van der Waals surface area contributed by atoms with E-state index in [1.54, 1.807) is 6.07 Å². The van der Waals surface area contributed by atoms with Crippen molar-refractivity contribution in [3.05, 3.63) is 76.4 Å². The summed E-state index contributed by atoms with van der Waals surface area (Å²) >= 11 is 6.20. The minimum absolute atomic E-state index is 0.128. The predicted molar refractivity (Wildman–Crippen MR) is 143 cm³/mol. The van der Waals surface area contributed by atoms with Gasteiger partial charge in [0.05, 0.1) is 11.3 Å². The van der Waals surface area contributed by atoms with Gasteiger partial charge >= 0.3 is 0 Å². The van der Waals surface area contributed by atoms with Gasteiger partial charge in [0.15, 0.2) is 5.76 Å². The highest BCUT2D eigenvalue weighted by Crippen LogP contribution is 2.41. The minimum Gasteiger partial charge on any atom is -0.356 e. The summed E-state index contributed by atoms with van der Waals surface area (Å²) in [5.41, 5.74) is 1.49. The molecule has 1 aromatic heterocycles. The highest BCUT2D eigenvalue weighted by atomic mass is 35.5. The Morgan fingerprint density at radius 2 is 1.92 bits per heavy atom. The van der Waals surface area contributed by atoms with Crippen molar-refractivity contribution in [3.8, 4) is 11.3 Å². The lowest BCUT2D eigenvalue weighted by molar-refractivity contribution is -0.126. The molecule has 4 rings (SSSR count). The van der Waals surface area contributed by atoms with Crippen LogP contribution in [-0.4, -0.2) is 35.5 Å². The third kappa shape index (κ3) is 6.85. The summed E-state index contributed by atoms with van der Waals surface area (Å²) in [5.74, 6) is -0.254. The van der Waals surface area contributed by atoms with Gasteiger partial charge in [0, 0.05) is 55.0 Å². The van der Waals surface area contributed by atoms with Gasteiger partial charge in [-0.2, -0.15) is 0 Å². The van der Waals surface area contributed by atoms with Gasteiger partial charge in [0.2, 0.25) is 0 Å². The van der Waals surface area contributed by atoms with Gasteiger partial charge < -0.3 is 9.42 Å². The van der Waals surface area contributed by atoms with Crippen LogP contribution >= 0.6 is 11.6 Å². The maximum absolute atomic E-state index is 14.2. The fourth-order valence-electron chi connectivity index (χ4n) is 5.53. The van der Waals surface area contributed by atoms with Crippen molar-refractivity contribution in [1.29, 1.82) is 0 Å². The number of ketones is 1. The smallest absolute Gasteiger partial charge is 0.170 e. The van der Waals surface area contributed by atoms with E-state index in [0.29, 0.717) is 35.9 Å². The number of carbonyl (C=O) groups excluding carboxylic acids is 1.